The molecule has 1 aliphatic rings. The minimum Gasteiger partial charge on any atom is -0.478 e. The number of hydrogen-bond donors (Lipinski definition) is 1. The van der Waals surface area contributed by atoms with Crippen LogP contribution in [0.25, 0.3) is 0 Å². The summed E-state index contributed by atoms with van der Waals surface area (Å²) >= 11 is 1.71. The fourth-order valence-electron chi connectivity index (χ4n) is 2.59. The van der Waals surface area contributed by atoms with Crippen LogP contribution in [-0.2, 0) is 6.42 Å². The van der Waals surface area contributed by atoms with Gasteiger partial charge in [-0.15, -0.1) is 0 Å². The lowest BCUT2D eigenvalue weighted by Crippen LogP contribution is -2.36. The van der Waals surface area contributed by atoms with Crippen molar-refractivity contribution in [2.24, 2.45) is 0 Å². The van der Waals surface area contributed by atoms with Crippen LogP contribution in [0.2, 0.25) is 0 Å². The Balaban J connectivity index is 2.22. The van der Waals surface area contributed by atoms with Crippen LogP contribution in [0, 0.1) is 0 Å². The van der Waals surface area contributed by atoms with Gasteiger partial charge in [0.1, 0.15) is 11.3 Å². The molecule has 1 saturated heterocycles. The maximum Gasteiger partial charge on any atom is 0.339 e. The third-order valence-electron chi connectivity index (χ3n) is 3.57. The molecule has 1 atom stereocenters. The van der Waals surface area contributed by atoms with Crippen LogP contribution in [0.1, 0.15) is 46.4 Å². The van der Waals surface area contributed by atoms with E-state index in [-0.39, 0.29) is 23.3 Å². The van der Waals surface area contributed by atoms with Gasteiger partial charge in [0.15, 0.2) is 5.76 Å². The van der Waals surface area contributed by atoms with E-state index in [1.165, 1.54) is 6.07 Å². The Morgan fingerprint density at radius 1 is 1.55 bits per heavy atom. The number of carboxylic acids is 1. The topological polar surface area (TPSA) is 70.8 Å². The minimum atomic E-state index is -1.05. The Kier molecular flexibility index (Phi) is 4.75. The maximum atomic E-state index is 12.5. The number of carbonyl (C=O) groups excluding carboxylic acids is 1. The first-order valence-corrected chi connectivity index (χ1v) is 8.13. The Morgan fingerprint density at radius 2 is 2.30 bits per heavy atom. The average Bonchev–Trinajstić information content (AvgIpc) is 3.04. The monoisotopic (exact) mass is 297 g/mol. The number of nitrogens with zero attached hydrogens (tertiary/aromatic N) is 1. The summed E-state index contributed by atoms with van der Waals surface area (Å²) in [5.74, 6) is 0.169. The summed E-state index contributed by atoms with van der Waals surface area (Å²) in [5.41, 5.74) is 0.0939. The van der Waals surface area contributed by atoms with E-state index in [2.05, 4.69) is 0 Å². The highest BCUT2D eigenvalue weighted by atomic mass is 32.2. The Labute approximate surface area is 122 Å². The molecule has 0 aliphatic carbocycles. The van der Waals surface area contributed by atoms with Crippen molar-refractivity contribution in [2.75, 3.05) is 18.6 Å². The fourth-order valence-corrected chi connectivity index (χ4v) is 3.32. The van der Waals surface area contributed by atoms with Crippen LogP contribution in [0.3, 0.4) is 0 Å². The molecule has 5 nitrogen and oxygen atoms in total. The number of carbonyl (C=O) groups is 2. The van der Waals surface area contributed by atoms with E-state index in [1.54, 1.807) is 16.7 Å². The predicted octanol–water partition coefficient (Wildman–Crippen LogP) is 2.51. The largest absolute Gasteiger partial charge is 0.478 e. The van der Waals surface area contributed by atoms with Gasteiger partial charge in [-0.05, 0) is 19.1 Å². The number of likely N-dealkylation sites (tertiary alicyclic amines) is 1. The molecule has 1 unspecified atom stereocenters. The van der Waals surface area contributed by atoms with Crippen LogP contribution in [0.15, 0.2) is 10.5 Å². The summed E-state index contributed by atoms with van der Waals surface area (Å²) in [7, 11) is 0. The normalized spacial score (nSPS) is 18.5. The highest BCUT2D eigenvalue weighted by molar-refractivity contribution is 7.98. The maximum absolute atomic E-state index is 12.5. The van der Waals surface area contributed by atoms with Gasteiger partial charge in [-0.2, -0.15) is 11.8 Å². The first-order chi connectivity index (χ1) is 9.58. The highest BCUT2D eigenvalue weighted by Gasteiger charge is 2.31. The standard InChI is InChI=1S/C14H19NO4S/c1-3-11-10(14(17)18)7-12(19-11)13(16)15-6-4-5-9(15)8-20-2/h7,9H,3-6,8H2,1-2H3,(H,17,18). The van der Waals surface area contributed by atoms with Gasteiger partial charge in [0.05, 0.1) is 0 Å². The molecule has 6 heteroatoms. The van der Waals surface area contributed by atoms with E-state index in [9.17, 15) is 9.59 Å². The highest BCUT2D eigenvalue weighted by Crippen LogP contribution is 2.25. The summed E-state index contributed by atoms with van der Waals surface area (Å²) < 4.78 is 5.45. The van der Waals surface area contributed by atoms with Crippen molar-refractivity contribution >= 4 is 23.6 Å². The number of aromatic carboxylic acids is 1. The average molecular weight is 297 g/mol. The molecule has 2 heterocycles. The molecule has 20 heavy (non-hydrogen) atoms. The molecular formula is C14H19NO4S. The zero-order chi connectivity index (χ0) is 14.7. The third kappa shape index (κ3) is 2.85. The van der Waals surface area contributed by atoms with Gasteiger partial charge in [-0.1, -0.05) is 6.92 Å². The first-order valence-electron chi connectivity index (χ1n) is 6.74. The molecule has 0 bridgehead atoms. The summed E-state index contributed by atoms with van der Waals surface area (Å²) in [5, 5.41) is 9.11. The lowest BCUT2D eigenvalue weighted by atomic mass is 10.2. The van der Waals surface area contributed by atoms with E-state index >= 15 is 0 Å². The van der Waals surface area contributed by atoms with Crippen molar-refractivity contribution < 1.29 is 19.1 Å². The number of carboxylic acid groups (broad SMARTS) is 1. The van der Waals surface area contributed by atoms with Crippen molar-refractivity contribution in [2.45, 2.75) is 32.2 Å². The van der Waals surface area contributed by atoms with Gasteiger partial charge in [-0.3, -0.25) is 4.79 Å². The molecule has 1 N–H and O–H groups in total. The molecule has 2 rings (SSSR count). The summed E-state index contributed by atoms with van der Waals surface area (Å²) in [6, 6.07) is 1.58. The van der Waals surface area contributed by atoms with Crippen LogP contribution in [-0.4, -0.2) is 46.5 Å². The molecule has 0 spiro atoms. The van der Waals surface area contributed by atoms with Gasteiger partial charge >= 0.3 is 5.97 Å². The molecule has 0 saturated carbocycles. The molecule has 0 aromatic carbocycles. The molecule has 0 radical (unpaired) electrons. The Hall–Kier alpha value is -1.43. The first kappa shape index (κ1) is 15.0. The van der Waals surface area contributed by atoms with Gasteiger partial charge < -0.3 is 14.4 Å². The summed E-state index contributed by atoms with van der Waals surface area (Å²) in [6.45, 7) is 2.53. The van der Waals surface area contributed by atoms with Gasteiger partial charge in [0, 0.05) is 30.8 Å². The minimum absolute atomic E-state index is 0.0939. The van der Waals surface area contributed by atoms with Crippen LogP contribution >= 0.6 is 11.8 Å². The lowest BCUT2D eigenvalue weighted by molar-refractivity contribution is 0.0690. The number of hydrogen-bond acceptors (Lipinski definition) is 4. The smallest absolute Gasteiger partial charge is 0.339 e. The molecule has 1 aromatic heterocycles. The second-order valence-electron chi connectivity index (χ2n) is 4.86. The van der Waals surface area contributed by atoms with Crippen LogP contribution in [0.4, 0.5) is 0 Å². The second-order valence-corrected chi connectivity index (χ2v) is 5.77. The number of rotatable bonds is 5. The van der Waals surface area contributed by atoms with E-state index in [4.69, 9.17) is 9.52 Å². The van der Waals surface area contributed by atoms with Crippen molar-refractivity contribution in [1.29, 1.82) is 0 Å². The number of aryl methyl sites for hydroxylation is 1. The van der Waals surface area contributed by atoms with E-state index < -0.39 is 5.97 Å². The van der Waals surface area contributed by atoms with Crippen LogP contribution < -0.4 is 0 Å². The SMILES string of the molecule is CCc1oc(C(=O)N2CCCC2CSC)cc1C(=O)O. The summed E-state index contributed by atoms with van der Waals surface area (Å²) in [4.78, 5) is 25.4. The molecule has 1 fully saturated rings. The van der Waals surface area contributed by atoms with Crippen molar-refractivity contribution in [1.82, 2.24) is 4.90 Å². The van der Waals surface area contributed by atoms with E-state index in [0.717, 1.165) is 18.6 Å². The quantitative estimate of drug-likeness (QED) is 0.904. The third-order valence-corrected chi connectivity index (χ3v) is 4.29. The fraction of sp³-hybridized carbons (Fsp3) is 0.571. The molecule has 1 aliphatic heterocycles. The Morgan fingerprint density at radius 3 is 2.85 bits per heavy atom. The van der Waals surface area contributed by atoms with Crippen LogP contribution in [0.5, 0.6) is 0 Å². The lowest BCUT2D eigenvalue weighted by Gasteiger charge is -2.22. The molecule has 110 valence electrons. The molecule has 1 amide bonds. The zero-order valence-corrected chi connectivity index (χ0v) is 12.5. The van der Waals surface area contributed by atoms with E-state index in [0.29, 0.717) is 18.7 Å². The zero-order valence-electron chi connectivity index (χ0n) is 11.7. The van der Waals surface area contributed by atoms with Crippen molar-refractivity contribution in [3.05, 3.63) is 23.2 Å². The van der Waals surface area contributed by atoms with Crippen molar-refractivity contribution in [3.8, 4) is 0 Å². The molecule has 1 aromatic rings. The number of thioether (sulfide) groups is 1. The second kappa shape index (κ2) is 6.35. The van der Waals surface area contributed by atoms with Gasteiger partial charge in [-0.25, -0.2) is 4.79 Å². The predicted molar refractivity (Wildman–Crippen MR) is 77.5 cm³/mol. The van der Waals surface area contributed by atoms with Crippen molar-refractivity contribution in [3.63, 3.8) is 0 Å². The Bertz CT molecular complexity index is 511. The molecular weight excluding hydrogens is 278 g/mol. The van der Waals surface area contributed by atoms with E-state index in [1.807, 2.05) is 13.2 Å². The van der Waals surface area contributed by atoms with Gasteiger partial charge in [0.2, 0.25) is 0 Å². The van der Waals surface area contributed by atoms with Gasteiger partial charge in [0.25, 0.3) is 5.91 Å². The number of amides is 1. The summed E-state index contributed by atoms with van der Waals surface area (Å²) in [6.07, 6.45) is 4.47. The number of furan rings is 1.